The number of hydrogen-bond acceptors (Lipinski definition) is 4. The first-order chi connectivity index (χ1) is 18.4. The molecule has 4 nitrogen and oxygen atoms in total. The number of hydrogen-bond donors (Lipinski definition) is 0. The van der Waals surface area contributed by atoms with Gasteiger partial charge in [0.1, 0.15) is 11.5 Å². The highest BCUT2D eigenvalue weighted by Gasteiger charge is 2.41. The average Bonchev–Trinajstić information content (AvgIpc) is 3.11. The van der Waals surface area contributed by atoms with Crippen LogP contribution < -0.4 is 4.90 Å². The first-order valence-corrected chi connectivity index (χ1v) is 12.8. The van der Waals surface area contributed by atoms with E-state index in [1.807, 2.05) is 24.3 Å². The first-order valence-electron chi connectivity index (χ1n) is 12.8. The summed E-state index contributed by atoms with van der Waals surface area (Å²) in [5.74, 6) is 1.99. The van der Waals surface area contributed by atoms with E-state index < -0.39 is 0 Å². The standard InChI is InChI=1S/C33H26N4/c1-2-12-23(13-3-1)29-22-32(36-33(35-29)28-18-10-11-21-34-28)37-30-19-8-6-16-26(30)24-14-4-5-15-25(24)27-17-7-9-20-31(27)37/h1-22,26-27,30-31H. The Kier molecular flexibility index (Phi) is 5.36. The van der Waals surface area contributed by atoms with Crippen LogP contribution in [0.4, 0.5) is 5.82 Å². The minimum atomic E-state index is 0.118. The van der Waals surface area contributed by atoms with Gasteiger partial charge in [-0.1, -0.05) is 109 Å². The number of benzene rings is 2. The van der Waals surface area contributed by atoms with Gasteiger partial charge in [0, 0.05) is 29.7 Å². The van der Waals surface area contributed by atoms with Gasteiger partial charge in [0.25, 0.3) is 0 Å². The van der Waals surface area contributed by atoms with Crippen molar-refractivity contribution < 1.29 is 0 Å². The molecule has 0 amide bonds. The zero-order valence-electron chi connectivity index (χ0n) is 20.3. The number of allylic oxidation sites excluding steroid dienone is 4. The van der Waals surface area contributed by atoms with Crippen LogP contribution in [0.5, 0.6) is 0 Å². The van der Waals surface area contributed by atoms with E-state index in [0.29, 0.717) is 5.82 Å². The molecule has 3 aliphatic rings. The van der Waals surface area contributed by atoms with Crippen LogP contribution in [0.1, 0.15) is 23.0 Å². The van der Waals surface area contributed by atoms with E-state index in [9.17, 15) is 0 Å². The molecule has 0 saturated heterocycles. The van der Waals surface area contributed by atoms with Crippen molar-refractivity contribution >= 4 is 5.82 Å². The fraction of sp³-hybridized carbons (Fsp3) is 0.121. The molecule has 2 aromatic heterocycles. The molecule has 1 aliphatic heterocycles. The lowest BCUT2D eigenvalue weighted by molar-refractivity contribution is 0.567. The molecule has 4 atom stereocenters. The van der Waals surface area contributed by atoms with Crippen LogP contribution in [0.2, 0.25) is 0 Å². The molecule has 0 spiro atoms. The van der Waals surface area contributed by atoms with Gasteiger partial charge in [-0.25, -0.2) is 9.97 Å². The van der Waals surface area contributed by atoms with Crippen LogP contribution in [0.3, 0.4) is 0 Å². The molecule has 4 unspecified atom stereocenters. The predicted octanol–water partition coefficient (Wildman–Crippen LogP) is 6.88. The van der Waals surface area contributed by atoms with Crippen molar-refractivity contribution in [2.24, 2.45) is 0 Å². The van der Waals surface area contributed by atoms with Gasteiger partial charge >= 0.3 is 0 Å². The molecule has 3 heterocycles. The predicted molar refractivity (Wildman–Crippen MR) is 149 cm³/mol. The second-order valence-electron chi connectivity index (χ2n) is 9.62. The first kappa shape index (κ1) is 21.7. The summed E-state index contributed by atoms with van der Waals surface area (Å²) in [5.41, 5.74) is 5.49. The van der Waals surface area contributed by atoms with Crippen LogP contribution in [0.15, 0.2) is 134 Å². The van der Waals surface area contributed by atoms with Gasteiger partial charge in [-0.05, 0) is 23.3 Å². The van der Waals surface area contributed by atoms with Crippen LogP contribution in [-0.2, 0) is 0 Å². The van der Waals surface area contributed by atoms with Crippen molar-refractivity contribution in [2.75, 3.05) is 4.90 Å². The zero-order valence-corrected chi connectivity index (χ0v) is 20.3. The molecule has 0 fully saturated rings. The summed E-state index contributed by atoms with van der Waals surface area (Å²) < 4.78 is 0. The molecule has 0 radical (unpaired) electrons. The molecule has 0 saturated carbocycles. The molecule has 2 aromatic carbocycles. The third kappa shape index (κ3) is 3.82. The summed E-state index contributed by atoms with van der Waals surface area (Å²) in [7, 11) is 0. The normalized spacial score (nSPS) is 23.2. The highest BCUT2D eigenvalue weighted by Crippen LogP contribution is 2.45. The van der Waals surface area contributed by atoms with Crippen molar-refractivity contribution in [3.05, 3.63) is 145 Å². The van der Waals surface area contributed by atoms with Gasteiger partial charge in [-0.15, -0.1) is 0 Å². The maximum atomic E-state index is 5.18. The summed E-state index contributed by atoms with van der Waals surface area (Å²) in [6, 6.07) is 27.5. The Hall–Kier alpha value is -4.57. The Bertz CT molecular complexity index is 1440. The summed E-state index contributed by atoms with van der Waals surface area (Å²) in [4.78, 5) is 17.2. The zero-order chi connectivity index (χ0) is 24.6. The topological polar surface area (TPSA) is 41.9 Å². The highest BCUT2D eigenvalue weighted by atomic mass is 15.3. The molecule has 37 heavy (non-hydrogen) atoms. The van der Waals surface area contributed by atoms with Crippen LogP contribution in [-0.4, -0.2) is 27.0 Å². The third-order valence-corrected chi connectivity index (χ3v) is 7.51. The fourth-order valence-electron chi connectivity index (χ4n) is 5.85. The smallest absolute Gasteiger partial charge is 0.180 e. The molecule has 4 aromatic rings. The Morgan fingerprint density at radius 1 is 0.568 bits per heavy atom. The summed E-state index contributed by atoms with van der Waals surface area (Å²) >= 11 is 0. The summed E-state index contributed by atoms with van der Waals surface area (Å²) in [6.45, 7) is 0. The third-order valence-electron chi connectivity index (χ3n) is 7.51. The number of aromatic nitrogens is 3. The molecular weight excluding hydrogens is 452 g/mol. The molecule has 178 valence electrons. The molecule has 4 heteroatoms. The Morgan fingerprint density at radius 2 is 1.19 bits per heavy atom. The van der Waals surface area contributed by atoms with E-state index in [1.165, 1.54) is 11.1 Å². The van der Waals surface area contributed by atoms with Crippen molar-refractivity contribution in [3.8, 4) is 22.8 Å². The average molecular weight is 479 g/mol. The van der Waals surface area contributed by atoms with E-state index in [4.69, 9.17) is 9.97 Å². The Labute approximate surface area is 217 Å². The van der Waals surface area contributed by atoms with E-state index >= 15 is 0 Å². The van der Waals surface area contributed by atoms with Crippen molar-refractivity contribution in [1.29, 1.82) is 0 Å². The summed E-state index contributed by atoms with van der Waals surface area (Å²) in [6.07, 6.45) is 19.8. The number of nitrogens with zero attached hydrogens (tertiary/aromatic N) is 4. The maximum absolute atomic E-state index is 5.18. The highest BCUT2D eigenvalue weighted by molar-refractivity contribution is 5.68. The van der Waals surface area contributed by atoms with Crippen LogP contribution in [0.25, 0.3) is 22.8 Å². The fourth-order valence-corrected chi connectivity index (χ4v) is 5.85. The van der Waals surface area contributed by atoms with Crippen molar-refractivity contribution in [3.63, 3.8) is 0 Å². The van der Waals surface area contributed by atoms with Crippen LogP contribution >= 0.6 is 0 Å². The Morgan fingerprint density at radius 3 is 1.84 bits per heavy atom. The van der Waals surface area contributed by atoms with Gasteiger partial charge in [0.05, 0.1) is 17.8 Å². The maximum Gasteiger partial charge on any atom is 0.180 e. The molecule has 7 rings (SSSR count). The number of rotatable bonds is 3. The van der Waals surface area contributed by atoms with E-state index in [1.54, 1.807) is 6.20 Å². The Balaban J connectivity index is 1.46. The molecule has 2 aliphatic carbocycles. The van der Waals surface area contributed by atoms with Gasteiger partial charge in [0.15, 0.2) is 5.82 Å². The quantitative estimate of drug-likeness (QED) is 0.322. The van der Waals surface area contributed by atoms with E-state index in [0.717, 1.165) is 22.8 Å². The molecular formula is C33H26N4. The number of fused-ring (bicyclic) bond motifs is 5. The SMILES string of the molecule is C1=CC2c3ccccc3C3C=CC=CC3N(c3cc(-c4ccccc4)nc(-c4ccccn4)n3)C2C=C1. The lowest BCUT2D eigenvalue weighted by Gasteiger charge is -2.40. The van der Waals surface area contributed by atoms with Gasteiger partial charge < -0.3 is 4.90 Å². The summed E-state index contributed by atoms with van der Waals surface area (Å²) in [5, 5.41) is 0. The second kappa shape index (κ2) is 9.14. The lowest BCUT2D eigenvalue weighted by Crippen LogP contribution is -2.46. The largest absolute Gasteiger partial charge is 0.342 e. The van der Waals surface area contributed by atoms with Crippen molar-refractivity contribution in [2.45, 2.75) is 23.9 Å². The van der Waals surface area contributed by atoms with E-state index in [-0.39, 0.29) is 23.9 Å². The lowest BCUT2D eigenvalue weighted by atomic mass is 9.82. The number of pyridine rings is 1. The van der Waals surface area contributed by atoms with Crippen molar-refractivity contribution in [1.82, 2.24) is 15.0 Å². The molecule has 0 N–H and O–H groups in total. The second-order valence-corrected chi connectivity index (χ2v) is 9.62. The monoisotopic (exact) mass is 478 g/mol. The van der Waals surface area contributed by atoms with Crippen LogP contribution in [0, 0.1) is 0 Å². The minimum absolute atomic E-state index is 0.118. The molecule has 0 bridgehead atoms. The van der Waals surface area contributed by atoms with Gasteiger partial charge in [-0.2, -0.15) is 0 Å². The minimum Gasteiger partial charge on any atom is -0.342 e. The van der Waals surface area contributed by atoms with Gasteiger partial charge in [0.2, 0.25) is 0 Å². The van der Waals surface area contributed by atoms with E-state index in [2.05, 4.69) is 113 Å². The number of anilines is 1. The van der Waals surface area contributed by atoms with Gasteiger partial charge in [-0.3, -0.25) is 4.98 Å².